The van der Waals surface area contributed by atoms with Crippen LogP contribution in [0.25, 0.3) is 0 Å². The summed E-state index contributed by atoms with van der Waals surface area (Å²) in [6.07, 6.45) is 0. The van der Waals surface area contributed by atoms with Crippen molar-refractivity contribution in [3.05, 3.63) is 53.6 Å². The fraction of sp³-hybridized carbons (Fsp3) is 0.316. The quantitative estimate of drug-likeness (QED) is 0.810. The minimum atomic E-state index is -0.654. The monoisotopic (exact) mass is 391 g/mol. The third-order valence-electron chi connectivity index (χ3n) is 4.68. The lowest BCUT2D eigenvalue weighted by atomic mass is 10.1. The van der Waals surface area contributed by atoms with Gasteiger partial charge in [-0.2, -0.15) is 0 Å². The molecule has 0 atom stereocenters. The van der Waals surface area contributed by atoms with Crippen molar-refractivity contribution in [2.24, 2.45) is 0 Å². The van der Waals surface area contributed by atoms with Crippen molar-refractivity contribution in [3.63, 3.8) is 0 Å². The first-order chi connectivity index (χ1) is 13.1. The smallest absolute Gasteiger partial charge is 0.231 e. The number of hydrogen-bond acceptors (Lipinski definition) is 4. The lowest BCUT2D eigenvalue weighted by Crippen LogP contribution is -2.49. The first-order valence-electron chi connectivity index (χ1n) is 8.70. The van der Waals surface area contributed by atoms with Crippen LogP contribution >= 0.6 is 12.2 Å². The van der Waals surface area contributed by atoms with Gasteiger partial charge in [0.25, 0.3) is 0 Å². The Bertz CT molecular complexity index is 857. The maximum Gasteiger partial charge on any atom is 0.231 e. The van der Waals surface area contributed by atoms with E-state index in [9.17, 15) is 8.78 Å². The van der Waals surface area contributed by atoms with Crippen LogP contribution < -0.4 is 14.8 Å². The van der Waals surface area contributed by atoms with Gasteiger partial charge in [0.1, 0.15) is 11.6 Å². The fourth-order valence-electron chi connectivity index (χ4n) is 3.19. The average Bonchev–Trinajstić information content (AvgIpc) is 3.12. The van der Waals surface area contributed by atoms with Crippen LogP contribution in [0.3, 0.4) is 0 Å². The molecule has 1 saturated heterocycles. The van der Waals surface area contributed by atoms with Gasteiger partial charge in [-0.3, -0.25) is 4.90 Å². The number of piperazine rings is 1. The van der Waals surface area contributed by atoms with Crippen LogP contribution in [0.2, 0.25) is 0 Å². The maximum atomic E-state index is 13.8. The van der Waals surface area contributed by atoms with Crippen LogP contribution in [0.15, 0.2) is 36.4 Å². The summed E-state index contributed by atoms with van der Waals surface area (Å²) in [5, 5.41) is 3.31. The highest BCUT2D eigenvalue weighted by molar-refractivity contribution is 7.80. The van der Waals surface area contributed by atoms with Crippen molar-refractivity contribution in [2.45, 2.75) is 6.54 Å². The molecule has 4 rings (SSSR count). The molecule has 1 N–H and O–H groups in total. The highest BCUT2D eigenvalue weighted by atomic mass is 32.1. The Balaban J connectivity index is 1.30. The van der Waals surface area contributed by atoms with Crippen LogP contribution in [-0.2, 0) is 6.54 Å². The number of benzene rings is 2. The number of anilines is 1. The van der Waals surface area contributed by atoms with Gasteiger partial charge in [0.05, 0.1) is 5.69 Å². The van der Waals surface area contributed by atoms with E-state index in [1.807, 2.05) is 23.1 Å². The van der Waals surface area contributed by atoms with Gasteiger partial charge in [-0.25, -0.2) is 8.78 Å². The van der Waals surface area contributed by atoms with Crippen LogP contribution in [0.4, 0.5) is 14.5 Å². The van der Waals surface area contributed by atoms with E-state index in [4.69, 9.17) is 21.7 Å². The molecule has 0 saturated carbocycles. The summed E-state index contributed by atoms with van der Waals surface area (Å²) >= 11 is 5.38. The molecule has 0 aliphatic carbocycles. The van der Waals surface area contributed by atoms with Gasteiger partial charge in [0.15, 0.2) is 16.6 Å². The summed E-state index contributed by atoms with van der Waals surface area (Å²) in [5.41, 5.74) is 1.35. The predicted octanol–water partition coefficient (Wildman–Crippen LogP) is 3.21. The molecule has 1 fully saturated rings. The fourth-order valence-corrected chi connectivity index (χ4v) is 3.48. The Labute approximate surface area is 161 Å². The Hall–Kier alpha value is -2.45. The van der Waals surface area contributed by atoms with Gasteiger partial charge in [-0.05, 0) is 42.0 Å². The van der Waals surface area contributed by atoms with E-state index in [2.05, 4.69) is 10.2 Å². The molecule has 2 heterocycles. The summed E-state index contributed by atoms with van der Waals surface area (Å²) < 4.78 is 37.5. The Morgan fingerprint density at radius 2 is 1.78 bits per heavy atom. The molecule has 0 spiro atoms. The standard InChI is InChI=1S/C19H19F2N3O2S/c20-14-2-3-16(15(21)10-14)22-19(27)24-7-5-23(6-8-24)11-13-1-4-17-18(9-13)26-12-25-17/h1-4,9-10H,5-8,11-12H2,(H,22,27). The third-order valence-corrected chi connectivity index (χ3v) is 5.04. The van der Waals surface area contributed by atoms with E-state index in [-0.39, 0.29) is 12.5 Å². The molecule has 8 heteroatoms. The minimum Gasteiger partial charge on any atom is -0.454 e. The van der Waals surface area contributed by atoms with E-state index in [1.54, 1.807) is 0 Å². The van der Waals surface area contributed by atoms with Crippen LogP contribution in [-0.4, -0.2) is 47.9 Å². The maximum absolute atomic E-state index is 13.8. The first-order valence-corrected chi connectivity index (χ1v) is 9.11. The SMILES string of the molecule is Fc1ccc(NC(=S)N2CCN(Cc3ccc4c(c3)OCO4)CC2)c(F)c1. The molecule has 142 valence electrons. The molecule has 0 aromatic heterocycles. The number of fused-ring (bicyclic) bond motifs is 1. The van der Waals surface area contributed by atoms with Crippen LogP contribution in [0, 0.1) is 11.6 Å². The Kier molecular flexibility index (Phi) is 5.09. The molecule has 5 nitrogen and oxygen atoms in total. The predicted molar refractivity (Wildman–Crippen MR) is 102 cm³/mol. The molecule has 2 aliphatic rings. The van der Waals surface area contributed by atoms with Crippen LogP contribution in [0.5, 0.6) is 11.5 Å². The number of ether oxygens (including phenoxy) is 2. The van der Waals surface area contributed by atoms with E-state index in [0.717, 1.165) is 50.3 Å². The number of rotatable bonds is 3. The lowest BCUT2D eigenvalue weighted by Gasteiger charge is -2.36. The summed E-state index contributed by atoms with van der Waals surface area (Å²) in [5.74, 6) is 0.311. The molecule has 2 aromatic carbocycles. The van der Waals surface area contributed by atoms with E-state index in [1.165, 1.54) is 17.7 Å². The topological polar surface area (TPSA) is 37.0 Å². The lowest BCUT2D eigenvalue weighted by molar-refractivity contribution is 0.173. The molecular weight excluding hydrogens is 372 g/mol. The molecule has 0 amide bonds. The number of nitrogens with zero attached hydrogens (tertiary/aromatic N) is 2. The highest BCUT2D eigenvalue weighted by Gasteiger charge is 2.21. The van der Waals surface area contributed by atoms with Gasteiger partial charge < -0.3 is 19.7 Å². The Morgan fingerprint density at radius 1 is 1.00 bits per heavy atom. The van der Waals surface area contributed by atoms with Crippen molar-refractivity contribution >= 4 is 23.0 Å². The zero-order valence-corrected chi connectivity index (χ0v) is 15.4. The van der Waals surface area contributed by atoms with E-state index in [0.29, 0.717) is 5.11 Å². The largest absolute Gasteiger partial charge is 0.454 e. The summed E-state index contributed by atoms with van der Waals surface area (Å²) in [4.78, 5) is 4.32. The number of thiocarbonyl (C=S) groups is 1. The number of hydrogen-bond donors (Lipinski definition) is 1. The summed E-state index contributed by atoms with van der Waals surface area (Å²) in [6, 6.07) is 9.39. The normalized spacial score (nSPS) is 16.4. The molecular formula is C19H19F2N3O2S. The molecule has 2 aliphatic heterocycles. The second-order valence-corrected chi connectivity index (χ2v) is 6.89. The minimum absolute atomic E-state index is 0.184. The van der Waals surface area contributed by atoms with Crippen molar-refractivity contribution < 1.29 is 18.3 Å². The van der Waals surface area contributed by atoms with Crippen molar-refractivity contribution in [1.29, 1.82) is 0 Å². The third kappa shape index (κ3) is 4.12. The van der Waals surface area contributed by atoms with Gasteiger partial charge >= 0.3 is 0 Å². The van der Waals surface area contributed by atoms with Gasteiger partial charge in [-0.15, -0.1) is 0 Å². The second-order valence-electron chi connectivity index (χ2n) is 6.51. The van der Waals surface area contributed by atoms with E-state index >= 15 is 0 Å². The second kappa shape index (κ2) is 7.66. The molecule has 0 bridgehead atoms. The van der Waals surface area contributed by atoms with Gasteiger partial charge in [0.2, 0.25) is 6.79 Å². The summed E-state index contributed by atoms with van der Waals surface area (Å²) in [7, 11) is 0. The van der Waals surface area contributed by atoms with Crippen molar-refractivity contribution in [1.82, 2.24) is 9.80 Å². The first kappa shape index (κ1) is 17.9. The van der Waals surface area contributed by atoms with E-state index < -0.39 is 11.6 Å². The zero-order valence-electron chi connectivity index (χ0n) is 14.6. The van der Waals surface area contributed by atoms with Gasteiger partial charge in [-0.1, -0.05) is 6.07 Å². The highest BCUT2D eigenvalue weighted by Crippen LogP contribution is 2.32. The van der Waals surface area contributed by atoms with Crippen molar-refractivity contribution in [3.8, 4) is 11.5 Å². The summed E-state index contributed by atoms with van der Waals surface area (Å²) in [6.45, 7) is 4.23. The van der Waals surface area contributed by atoms with Gasteiger partial charge in [0, 0.05) is 38.8 Å². The molecule has 0 radical (unpaired) electrons. The number of halogens is 2. The number of nitrogens with one attached hydrogen (secondary N) is 1. The van der Waals surface area contributed by atoms with Crippen LogP contribution in [0.1, 0.15) is 5.56 Å². The molecule has 2 aromatic rings. The zero-order chi connectivity index (χ0) is 18.8. The van der Waals surface area contributed by atoms with Crippen molar-refractivity contribution in [2.75, 3.05) is 38.3 Å². The molecule has 27 heavy (non-hydrogen) atoms. The average molecular weight is 391 g/mol. The Morgan fingerprint density at radius 3 is 2.56 bits per heavy atom. The molecule has 0 unspecified atom stereocenters.